The molecule has 3 heterocycles. The lowest BCUT2D eigenvalue weighted by molar-refractivity contribution is 0.0936. The van der Waals surface area contributed by atoms with Crippen LogP contribution in [-0.2, 0) is 5.41 Å². The molecule has 0 atom stereocenters. The summed E-state index contributed by atoms with van der Waals surface area (Å²) in [5.74, 6) is 2.00. The van der Waals surface area contributed by atoms with Gasteiger partial charge in [-0.1, -0.05) is 25.9 Å². The van der Waals surface area contributed by atoms with Crippen molar-refractivity contribution in [2.24, 2.45) is 0 Å². The van der Waals surface area contributed by atoms with Gasteiger partial charge in [0.25, 0.3) is 5.91 Å². The minimum atomic E-state index is -0.435. The SMILES string of the molecule is Cc1nc2cc(Oc3ccc(NC(=O)Nc4cc(C(C)(C)C)on4)cc3)ccn2c1C(=O)NC(C)C. The summed E-state index contributed by atoms with van der Waals surface area (Å²) in [6, 6.07) is 11.8. The summed E-state index contributed by atoms with van der Waals surface area (Å²) in [6.07, 6.45) is 1.76. The fourth-order valence-corrected chi connectivity index (χ4v) is 3.52. The molecule has 0 bridgehead atoms. The topological polar surface area (TPSA) is 123 Å². The first-order chi connectivity index (χ1) is 17.0. The lowest BCUT2D eigenvalue weighted by atomic mass is 9.93. The molecule has 188 valence electrons. The summed E-state index contributed by atoms with van der Waals surface area (Å²) in [6.45, 7) is 11.6. The average molecular weight is 491 g/mol. The number of urea groups is 1. The van der Waals surface area contributed by atoms with Crippen molar-refractivity contribution in [2.45, 2.75) is 53.0 Å². The van der Waals surface area contributed by atoms with E-state index in [2.05, 4.69) is 26.1 Å². The normalized spacial score (nSPS) is 11.5. The van der Waals surface area contributed by atoms with Crippen LogP contribution in [0.2, 0.25) is 0 Å². The number of carbonyl (C=O) groups is 2. The van der Waals surface area contributed by atoms with Crippen LogP contribution in [0.25, 0.3) is 5.65 Å². The van der Waals surface area contributed by atoms with E-state index in [0.29, 0.717) is 45.8 Å². The second kappa shape index (κ2) is 9.73. The standard InChI is InChI=1S/C26H30N6O4/c1-15(2)27-24(33)23-16(3)28-22-13-19(11-12-32(22)23)35-18-9-7-17(8-10-18)29-25(34)30-21-14-20(36-31-21)26(4,5)6/h7-15H,1-6H3,(H,27,33)(H2,29,30,31,34). The smallest absolute Gasteiger partial charge is 0.324 e. The van der Waals surface area contributed by atoms with Crippen molar-refractivity contribution in [1.29, 1.82) is 0 Å². The number of aryl methyl sites for hydroxylation is 1. The third-order valence-corrected chi connectivity index (χ3v) is 5.25. The summed E-state index contributed by atoms with van der Waals surface area (Å²) in [4.78, 5) is 29.3. The summed E-state index contributed by atoms with van der Waals surface area (Å²) in [5.41, 5.74) is 2.12. The van der Waals surface area contributed by atoms with Gasteiger partial charge in [-0.3, -0.25) is 14.5 Å². The van der Waals surface area contributed by atoms with Gasteiger partial charge in [0.1, 0.15) is 28.6 Å². The molecule has 0 aliphatic carbocycles. The molecule has 1 aromatic carbocycles. The highest BCUT2D eigenvalue weighted by atomic mass is 16.5. The van der Waals surface area contributed by atoms with E-state index >= 15 is 0 Å². The highest BCUT2D eigenvalue weighted by Gasteiger charge is 2.20. The van der Waals surface area contributed by atoms with E-state index in [4.69, 9.17) is 9.26 Å². The van der Waals surface area contributed by atoms with Gasteiger partial charge in [0.15, 0.2) is 5.82 Å². The van der Waals surface area contributed by atoms with Gasteiger partial charge in [0, 0.05) is 35.5 Å². The number of rotatable bonds is 6. The number of anilines is 2. The second-order valence-corrected chi connectivity index (χ2v) is 9.80. The molecule has 0 saturated carbocycles. The molecule has 4 aromatic rings. The molecule has 4 rings (SSSR count). The van der Waals surface area contributed by atoms with Crippen LogP contribution in [0.3, 0.4) is 0 Å². The van der Waals surface area contributed by atoms with Crippen LogP contribution in [0, 0.1) is 6.92 Å². The number of nitrogens with zero attached hydrogens (tertiary/aromatic N) is 3. The summed E-state index contributed by atoms with van der Waals surface area (Å²) >= 11 is 0. The third-order valence-electron chi connectivity index (χ3n) is 5.25. The molecule has 10 heteroatoms. The summed E-state index contributed by atoms with van der Waals surface area (Å²) in [5, 5.41) is 12.2. The number of nitrogens with one attached hydrogen (secondary N) is 3. The number of pyridine rings is 1. The van der Waals surface area contributed by atoms with E-state index in [1.54, 1.807) is 60.0 Å². The van der Waals surface area contributed by atoms with Gasteiger partial charge in [-0.05, 0) is 51.1 Å². The van der Waals surface area contributed by atoms with E-state index in [-0.39, 0.29) is 17.4 Å². The number of carbonyl (C=O) groups excluding carboxylic acids is 2. The molecule has 3 N–H and O–H groups in total. The molecule has 0 spiro atoms. The van der Waals surface area contributed by atoms with Crippen LogP contribution < -0.4 is 20.7 Å². The fourth-order valence-electron chi connectivity index (χ4n) is 3.52. The maximum absolute atomic E-state index is 12.5. The number of aromatic nitrogens is 3. The lowest BCUT2D eigenvalue weighted by Gasteiger charge is -2.12. The highest BCUT2D eigenvalue weighted by molar-refractivity contribution is 5.99. The Morgan fingerprint density at radius 1 is 1.03 bits per heavy atom. The molecule has 0 unspecified atom stereocenters. The van der Waals surface area contributed by atoms with Crippen molar-refractivity contribution in [2.75, 3.05) is 10.6 Å². The van der Waals surface area contributed by atoms with Gasteiger partial charge >= 0.3 is 6.03 Å². The van der Waals surface area contributed by atoms with Crippen LogP contribution in [0.4, 0.5) is 16.3 Å². The van der Waals surface area contributed by atoms with E-state index in [1.165, 1.54) is 0 Å². The van der Waals surface area contributed by atoms with Gasteiger partial charge < -0.3 is 19.9 Å². The number of benzene rings is 1. The van der Waals surface area contributed by atoms with E-state index in [1.807, 2.05) is 34.6 Å². The minimum Gasteiger partial charge on any atom is -0.457 e. The van der Waals surface area contributed by atoms with Crippen LogP contribution in [0.1, 0.15) is 56.6 Å². The quantitative estimate of drug-likeness (QED) is 0.328. The summed E-state index contributed by atoms with van der Waals surface area (Å²) < 4.78 is 13.0. The van der Waals surface area contributed by atoms with E-state index in [9.17, 15) is 9.59 Å². The van der Waals surface area contributed by atoms with Gasteiger partial charge in [0.2, 0.25) is 0 Å². The number of imidazole rings is 1. The number of ether oxygens (including phenoxy) is 1. The Balaban J connectivity index is 1.39. The molecule has 3 amide bonds. The number of amides is 3. The van der Waals surface area contributed by atoms with Gasteiger partial charge in [-0.15, -0.1) is 0 Å². The Bertz CT molecular complexity index is 1400. The van der Waals surface area contributed by atoms with Gasteiger partial charge in [0.05, 0.1) is 5.69 Å². The van der Waals surface area contributed by atoms with Crippen LogP contribution >= 0.6 is 0 Å². The highest BCUT2D eigenvalue weighted by Crippen LogP contribution is 2.26. The maximum Gasteiger partial charge on any atom is 0.324 e. The average Bonchev–Trinajstić information content (AvgIpc) is 3.38. The number of hydrogen-bond acceptors (Lipinski definition) is 6. The Morgan fingerprint density at radius 3 is 2.39 bits per heavy atom. The zero-order valence-electron chi connectivity index (χ0n) is 21.2. The van der Waals surface area contributed by atoms with Crippen molar-refractivity contribution in [3.63, 3.8) is 0 Å². The first-order valence-corrected chi connectivity index (χ1v) is 11.6. The summed E-state index contributed by atoms with van der Waals surface area (Å²) in [7, 11) is 0. The molecule has 0 fully saturated rings. The van der Waals surface area contributed by atoms with Crippen molar-refractivity contribution in [1.82, 2.24) is 19.9 Å². The monoisotopic (exact) mass is 490 g/mol. The van der Waals surface area contributed by atoms with Gasteiger partial charge in [-0.25, -0.2) is 9.78 Å². The Morgan fingerprint density at radius 2 is 1.75 bits per heavy atom. The predicted molar refractivity (Wildman–Crippen MR) is 137 cm³/mol. The first-order valence-electron chi connectivity index (χ1n) is 11.6. The predicted octanol–water partition coefficient (Wildman–Crippen LogP) is 5.50. The Labute approximate surface area is 209 Å². The van der Waals surface area contributed by atoms with Crippen LogP contribution in [-0.4, -0.2) is 32.5 Å². The molecule has 0 saturated heterocycles. The van der Waals surface area contributed by atoms with E-state index < -0.39 is 6.03 Å². The number of fused-ring (bicyclic) bond motifs is 1. The molecule has 0 aliphatic heterocycles. The minimum absolute atomic E-state index is 0.0252. The van der Waals surface area contributed by atoms with Crippen molar-refractivity contribution in [3.05, 3.63) is 65.8 Å². The molecule has 0 radical (unpaired) electrons. The van der Waals surface area contributed by atoms with E-state index in [0.717, 1.165) is 0 Å². The van der Waals surface area contributed by atoms with Crippen molar-refractivity contribution >= 4 is 29.1 Å². The van der Waals surface area contributed by atoms with Gasteiger partial charge in [-0.2, -0.15) is 0 Å². The first kappa shape index (κ1) is 24.8. The van der Waals surface area contributed by atoms with Crippen molar-refractivity contribution < 1.29 is 18.8 Å². The zero-order chi connectivity index (χ0) is 26.0. The Hall–Kier alpha value is -4.34. The maximum atomic E-state index is 12.5. The molecular weight excluding hydrogens is 460 g/mol. The fraction of sp³-hybridized carbons (Fsp3) is 0.308. The second-order valence-electron chi connectivity index (χ2n) is 9.80. The third kappa shape index (κ3) is 5.65. The molecule has 36 heavy (non-hydrogen) atoms. The molecule has 10 nitrogen and oxygen atoms in total. The molecule has 3 aromatic heterocycles. The van der Waals surface area contributed by atoms with Crippen molar-refractivity contribution in [3.8, 4) is 11.5 Å². The largest absolute Gasteiger partial charge is 0.457 e. The zero-order valence-corrected chi connectivity index (χ0v) is 21.2. The molecule has 0 aliphatic rings. The van der Waals surface area contributed by atoms with Crippen LogP contribution in [0.15, 0.2) is 53.2 Å². The molecular formula is C26H30N6O4. The number of hydrogen-bond donors (Lipinski definition) is 3. The lowest BCUT2D eigenvalue weighted by Crippen LogP contribution is -2.31. The van der Waals surface area contributed by atoms with Crippen LogP contribution in [0.5, 0.6) is 11.5 Å². The Kier molecular flexibility index (Phi) is 6.69.